The normalized spacial score (nSPS) is 12.7. The molecule has 0 aliphatic heterocycles. The van der Waals surface area contributed by atoms with Crippen molar-refractivity contribution in [3.05, 3.63) is 34.9 Å². The van der Waals surface area contributed by atoms with Crippen molar-refractivity contribution in [3.63, 3.8) is 0 Å². The highest BCUT2D eigenvalue weighted by Crippen LogP contribution is 2.27. The van der Waals surface area contributed by atoms with Crippen molar-refractivity contribution in [3.8, 4) is 0 Å². The average Bonchev–Trinajstić information content (AvgIpc) is 2.88. The zero-order valence-corrected chi connectivity index (χ0v) is 26.0. The number of carbonyl (C=O) groups excluding carboxylic acids is 4. The van der Waals surface area contributed by atoms with E-state index in [4.69, 9.17) is 9.47 Å². The van der Waals surface area contributed by atoms with Crippen molar-refractivity contribution in [2.45, 2.75) is 111 Å². The van der Waals surface area contributed by atoms with Gasteiger partial charge in [-0.1, -0.05) is 62.8 Å². The molecule has 1 rings (SSSR count). The van der Waals surface area contributed by atoms with E-state index in [0.717, 1.165) is 43.2 Å². The lowest BCUT2D eigenvalue weighted by atomic mass is 9.96. The molecule has 232 valence electrons. The summed E-state index contributed by atoms with van der Waals surface area (Å²) in [6.07, 6.45) is 4.96. The highest BCUT2D eigenvalue weighted by atomic mass is 16.6. The van der Waals surface area contributed by atoms with Gasteiger partial charge in [0.2, 0.25) is 11.8 Å². The second-order valence-electron chi connectivity index (χ2n) is 11.3. The number of alkyl carbamates (subject to hydrolysis) is 1. The van der Waals surface area contributed by atoms with Crippen LogP contribution in [0.25, 0.3) is 0 Å². The van der Waals surface area contributed by atoms with Crippen LogP contribution in [-0.2, 0) is 23.9 Å². The molecule has 0 fully saturated rings. The summed E-state index contributed by atoms with van der Waals surface area (Å²) >= 11 is 0. The van der Waals surface area contributed by atoms with Gasteiger partial charge in [-0.15, -0.1) is 0 Å². The van der Waals surface area contributed by atoms with E-state index in [1.165, 1.54) is 4.90 Å². The van der Waals surface area contributed by atoms with Crippen LogP contribution < -0.4 is 10.6 Å². The molecule has 0 aromatic heterocycles. The van der Waals surface area contributed by atoms with Gasteiger partial charge in [-0.3, -0.25) is 14.4 Å². The second-order valence-corrected chi connectivity index (χ2v) is 11.3. The Morgan fingerprint density at radius 3 is 2.24 bits per heavy atom. The number of unbranched alkanes of at least 4 members (excludes halogenated alkanes) is 5. The summed E-state index contributed by atoms with van der Waals surface area (Å²) in [5.41, 5.74) is 1.64. The Balaban J connectivity index is 3.38. The minimum Gasteiger partial charge on any atom is -0.466 e. The quantitative estimate of drug-likeness (QED) is 0.183. The summed E-state index contributed by atoms with van der Waals surface area (Å²) in [5.74, 6) is -1.50. The Bertz CT molecular complexity index is 990. The number of nitrogens with one attached hydrogen (secondary N) is 2. The van der Waals surface area contributed by atoms with Crippen molar-refractivity contribution in [1.29, 1.82) is 0 Å². The number of aliphatic hydroxyl groups excluding tert-OH is 1. The van der Waals surface area contributed by atoms with Crippen molar-refractivity contribution in [2.75, 3.05) is 26.3 Å². The molecule has 3 N–H and O–H groups in total. The fraction of sp³-hybridized carbons (Fsp3) is 0.677. The summed E-state index contributed by atoms with van der Waals surface area (Å²) in [6, 6.07) is 3.26. The highest BCUT2D eigenvalue weighted by Gasteiger charge is 2.36. The van der Waals surface area contributed by atoms with E-state index in [2.05, 4.69) is 17.6 Å². The number of hydrogen-bond acceptors (Lipinski definition) is 7. The number of ether oxygens (including phenoxy) is 2. The Labute approximate surface area is 245 Å². The lowest BCUT2D eigenvalue weighted by Crippen LogP contribution is -2.54. The minimum absolute atomic E-state index is 0.00990. The molecular weight excluding hydrogens is 526 g/mol. The molecule has 0 saturated heterocycles. The largest absolute Gasteiger partial charge is 0.466 e. The molecule has 3 amide bonds. The maximum Gasteiger partial charge on any atom is 0.408 e. The summed E-state index contributed by atoms with van der Waals surface area (Å²) in [6.45, 7) is 12.6. The number of aryl methyl sites for hydroxylation is 2. The monoisotopic (exact) mass is 577 g/mol. The third-order valence-electron chi connectivity index (χ3n) is 6.42. The second kappa shape index (κ2) is 18.3. The van der Waals surface area contributed by atoms with Crippen LogP contribution in [0.3, 0.4) is 0 Å². The van der Waals surface area contributed by atoms with E-state index in [9.17, 15) is 24.3 Å². The number of hydrogen-bond donors (Lipinski definition) is 3. The van der Waals surface area contributed by atoms with Crippen LogP contribution in [0, 0.1) is 13.8 Å². The average molecular weight is 578 g/mol. The van der Waals surface area contributed by atoms with Gasteiger partial charge in [-0.2, -0.15) is 0 Å². The topological polar surface area (TPSA) is 134 Å². The van der Waals surface area contributed by atoms with Crippen molar-refractivity contribution in [1.82, 2.24) is 15.5 Å². The Morgan fingerprint density at radius 1 is 1.00 bits per heavy atom. The van der Waals surface area contributed by atoms with Crippen LogP contribution in [0.1, 0.15) is 102 Å². The van der Waals surface area contributed by atoms with E-state index >= 15 is 0 Å². The van der Waals surface area contributed by atoms with E-state index in [-0.39, 0.29) is 26.1 Å². The minimum atomic E-state index is -1.31. The third-order valence-corrected chi connectivity index (χ3v) is 6.42. The number of nitrogens with zero attached hydrogens (tertiary/aromatic N) is 1. The maximum absolute atomic E-state index is 13.9. The van der Waals surface area contributed by atoms with Gasteiger partial charge >= 0.3 is 12.1 Å². The van der Waals surface area contributed by atoms with Crippen LogP contribution in [0.2, 0.25) is 0 Å². The molecular formula is C31H51N3O7. The van der Waals surface area contributed by atoms with Gasteiger partial charge in [-0.25, -0.2) is 4.79 Å². The van der Waals surface area contributed by atoms with Gasteiger partial charge in [0, 0.05) is 13.1 Å². The Kier molecular flexibility index (Phi) is 16.0. The molecule has 0 heterocycles. The molecule has 0 aliphatic rings. The molecule has 0 bridgehead atoms. The first-order valence-electron chi connectivity index (χ1n) is 14.8. The highest BCUT2D eigenvalue weighted by molar-refractivity contribution is 5.92. The smallest absolute Gasteiger partial charge is 0.408 e. The molecule has 41 heavy (non-hydrogen) atoms. The van der Waals surface area contributed by atoms with Gasteiger partial charge in [0.15, 0.2) is 0 Å². The lowest BCUT2D eigenvalue weighted by molar-refractivity contribution is -0.144. The zero-order valence-electron chi connectivity index (χ0n) is 26.0. The molecule has 1 aromatic carbocycles. The van der Waals surface area contributed by atoms with Crippen LogP contribution in [-0.4, -0.2) is 71.8 Å². The van der Waals surface area contributed by atoms with E-state index in [1.54, 1.807) is 27.7 Å². The molecule has 0 saturated carbocycles. The Morgan fingerprint density at radius 2 is 1.66 bits per heavy atom. The molecule has 0 radical (unpaired) electrons. The van der Waals surface area contributed by atoms with Crippen LogP contribution >= 0.6 is 0 Å². The molecule has 0 aliphatic carbocycles. The number of benzene rings is 1. The third kappa shape index (κ3) is 13.4. The van der Waals surface area contributed by atoms with E-state index in [1.807, 2.05) is 32.0 Å². The standard InChI is InChI=1S/C31H51N3O7/c1-8-10-11-12-13-14-19-34(29(38)25(21-35)33-30(39)41-31(5,6)7)27(24-16-15-22(3)20-23(24)4)28(37)32-18-17-26(36)40-9-2/h15-16,20,25,27,35H,8-14,17-19,21H2,1-7H3,(H,32,37)(H,33,39). The summed E-state index contributed by atoms with van der Waals surface area (Å²) in [7, 11) is 0. The number of esters is 1. The molecule has 10 nitrogen and oxygen atoms in total. The molecule has 2 atom stereocenters. The van der Waals surface area contributed by atoms with Crippen molar-refractivity contribution in [2.24, 2.45) is 0 Å². The summed E-state index contributed by atoms with van der Waals surface area (Å²) < 4.78 is 10.3. The fourth-order valence-corrected chi connectivity index (χ4v) is 4.47. The summed E-state index contributed by atoms with van der Waals surface area (Å²) in [4.78, 5) is 53.5. The first-order chi connectivity index (χ1) is 19.3. The number of amides is 3. The number of carbonyl (C=O) groups is 4. The van der Waals surface area contributed by atoms with Gasteiger partial charge < -0.3 is 30.1 Å². The molecule has 0 spiro atoms. The SMILES string of the molecule is CCCCCCCCN(C(=O)C(CO)NC(=O)OC(C)(C)C)C(C(=O)NCCC(=O)OCC)c1ccc(C)cc1C. The van der Waals surface area contributed by atoms with Crippen LogP contribution in [0.4, 0.5) is 4.79 Å². The molecule has 1 aromatic rings. The zero-order chi connectivity index (χ0) is 31.0. The van der Waals surface area contributed by atoms with Crippen LogP contribution in [0.15, 0.2) is 18.2 Å². The fourth-order valence-electron chi connectivity index (χ4n) is 4.47. The van der Waals surface area contributed by atoms with Crippen molar-refractivity contribution >= 4 is 23.9 Å². The van der Waals surface area contributed by atoms with Crippen molar-refractivity contribution < 1.29 is 33.8 Å². The lowest BCUT2D eigenvalue weighted by Gasteiger charge is -2.35. The van der Waals surface area contributed by atoms with Crippen LogP contribution in [0.5, 0.6) is 0 Å². The summed E-state index contributed by atoms with van der Waals surface area (Å²) in [5, 5.41) is 15.4. The predicted molar refractivity (Wildman–Crippen MR) is 158 cm³/mol. The molecule has 10 heteroatoms. The predicted octanol–water partition coefficient (Wildman–Crippen LogP) is 4.49. The van der Waals surface area contributed by atoms with E-state index in [0.29, 0.717) is 12.0 Å². The first-order valence-corrected chi connectivity index (χ1v) is 14.8. The first kappa shape index (κ1) is 35.9. The van der Waals surface area contributed by atoms with Gasteiger partial charge in [-0.05, 0) is 59.1 Å². The van der Waals surface area contributed by atoms with Gasteiger partial charge in [0.25, 0.3) is 0 Å². The van der Waals surface area contributed by atoms with E-state index < -0.39 is 48.2 Å². The molecule has 2 unspecified atom stereocenters. The maximum atomic E-state index is 13.9. The Hall–Kier alpha value is -3.14. The number of rotatable bonds is 17. The number of aliphatic hydroxyl groups is 1. The van der Waals surface area contributed by atoms with Gasteiger partial charge in [0.1, 0.15) is 17.7 Å². The van der Waals surface area contributed by atoms with Gasteiger partial charge in [0.05, 0.1) is 19.6 Å².